The average molecular weight is 402 g/mol. The van der Waals surface area contributed by atoms with Crippen molar-refractivity contribution in [3.63, 3.8) is 0 Å². The highest BCUT2D eigenvalue weighted by Gasteiger charge is 2.43. The number of hydrogen-bond donors (Lipinski definition) is 0. The molecule has 1 aliphatic heterocycles. The van der Waals surface area contributed by atoms with Crippen LogP contribution in [0.3, 0.4) is 0 Å². The van der Waals surface area contributed by atoms with Crippen LogP contribution >= 0.6 is 39.1 Å². The van der Waals surface area contributed by atoms with Gasteiger partial charge in [-0.15, -0.1) is 0 Å². The highest BCUT2D eigenvalue weighted by Crippen LogP contribution is 2.43. The smallest absolute Gasteiger partial charge is 0.205 e. The van der Waals surface area contributed by atoms with Crippen LogP contribution in [0.5, 0.6) is 0 Å². The first kappa shape index (κ1) is 16.3. The van der Waals surface area contributed by atoms with E-state index >= 15 is 0 Å². The van der Waals surface area contributed by atoms with Gasteiger partial charge in [0.05, 0.1) is 11.9 Å². The Labute approximate surface area is 148 Å². The molecule has 2 aromatic rings. The Kier molecular flexibility index (Phi) is 4.81. The van der Waals surface area contributed by atoms with Crippen molar-refractivity contribution in [2.24, 2.45) is 0 Å². The Hall–Kier alpha value is -0.580. The van der Waals surface area contributed by atoms with E-state index in [1.807, 2.05) is 24.3 Å². The zero-order chi connectivity index (χ0) is 15.7. The summed E-state index contributed by atoms with van der Waals surface area (Å²) in [5.41, 5.74) is 3.08. The van der Waals surface area contributed by atoms with Crippen molar-refractivity contribution < 1.29 is 9.47 Å². The summed E-state index contributed by atoms with van der Waals surface area (Å²) in [6, 6.07) is 13.6. The molecule has 0 radical (unpaired) electrons. The molecule has 0 saturated carbocycles. The van der Waals surface area contributed by atoms with Gasteiger partial charge in [0.1, 0.15) is 6.10 Å². The first-order valence-electron chi connectivity index (χ1n) is 6.94. The lowest BCUT2D eigenvalue weighted by atomic mass is 10.1. The van der Waals surface area contributed by atoms with Crippen molar-refractivity contribution in [2.45, 2.75) is 18.8 Å². The van der Waals surface area contributed by atoms with E-state index in [4.69, 9.17) is 32.7 Å². The zero-order valence-electron chi connectivity index (χ0n) is 12.0. The largest absolute Gasteiger partial charge is 0.342 e. The molecule has 1 heterocycles. The quantitative estimate of drug-likeness (QED) is 0.619. The van der Waals surface area contributed by atoms with Crippen molar-refractivity contribution in [2.75, 3.05) is 11.9 Å². The predicted octanol–water partition coefficient (Wildman–Crippen LogP) is 5.64. The van der Waals surface area contributed by atoms with Gasteiger partial charge in [-0.2, -0.15) is 0 Å². The van der Waals surface area contributed by atoms with E-state index in [0.717, 1.165) is 11.1 Å². The van der Waals surface area contributed by atoms with E-state index in [2.05, 4.69) is 35.0 Å². The van der Waals surface area contributed by atoms with Gasteiger partial charge in [-0.25, -0.2) is 0 Å². The van der Waals surface area contributed by atoms with Crippen LogP contribution < -0.4 is 0 Å². The lowest BCUT2D eigenvalue weighted by Crippen LogP contribution is -2.29. The molecule has 1 aliphatic rings. The SMILES string of the molecule is Cc1ccc([C@@]2(CBr)OC[C@@H](c3ccc(Cl)cc3Cl)O2)cc1. The van der Waals surface area contributed by atoms with Crippen LogP contribution in [0, 0.1) is 6.92 Å². The molecule has 5 heteroatoms. The maximum absolute atomic E-state index is 6.28. The number of halogens is 3. The lowest BCUT2D eigenvalue weighted by molar-refractivity contribution is -0.157. The number of aryl methyl sites for hydroxylation is 1. The summed E-state index contributed by atoms with van der Waals surface area (Å²) in [4.78, 5) is 0. The lowest BCUT2D eigenvalue weighted by Gasteiger charge is -2.26. The molecule has 3 rings (SSSR count). The van der Waals surface area contributed by atoms with Crippen LogP contribution in [-0.4, -0.2) is 11.9 Å². The summed E-state index contributed by atoms with van der Waals surface area (Å²) in [6.45, 7) is 2.50. The Morgan fingerprint density at radius 2 is 1.91 bits per heavy atom. The molecule has 1 fully saturated rings. The van der Waals surface area contributed by atoms with Gasteiger partial charge in [0, 0.05) is 21.2 Å². The fourth-order valence-corrected chi connectivity index (χ4v) is 3.68. The monoisotopic (exact) mass is 400 g/mol. The molecular formula is C17H15BrCl2O2. The summed E-state index contributed by atoms with van der Waals surface area (Å²) < 4.78 is 12.2. The molecule has 116 valence electrons. The van der Waals surface area contributed by atoms with Crippen LogP contribution in [0.2, 0.25) is 10.0 Å². The highest BCUT2D eigenvalue weighted by molar-refractivity contribution is 9.09. The first-order valence-corrected chi connectivity index (χ1v) is 8.82. The van der Waals surface area contributed by atoms with Gasteiger partial charge in [-0.1, -0.05) is 75.0 Å². The molecule has 2 aromatic carbocycles. The van der Waals surface area contributed by atoms with Gasteiger partial charge in [0.25, 0.3) is 0 Å². The number of benzene rings is 2. The molecular weight excluding hydrogens is 387 g/mol. The minimum absolute atomic E-state index is 0.219. The fourth-order valence-electron chi connectivity index (χ4n) is 2.53. The minimum atomic E-state index is -0.790. The minimum Gasteiger partial charge on any atom is -0.342 e. The Morgan fingerprint density at radius 3 is 2.55 bits per heavy atom. The summed E-state index contributed by atoms with van der Waals surface area (Å²) in [5, 5.41) is 1.75. The topological polar surface area (TPSA) is 18.5 Å². The van der Waals surface area contributed by atoms with Gasteiger partial charge in [-0.05, 0) is 19.1 Å². The molecule has 0 amide bonds. The van der Waals surface area contributed by atoms with Gasteiger partial charge in [0.15, 0.2) is 0 Å². The highest BCUT2D eigenvalue weighted by atomic mass is 79.9. The molecule has 0 N–H and O–H groups in total. The van der Waals surface area contributed by atoms with Crippen molar-refractivity contribution in [1.82, 2.24) is 0 Å². The van der Waals surface area contributed by atoms with Crippen molar-refractivity contribution in [3.05, 3.63) is 69.2 Å². The molecule has 2 atom stereocenters. The number of hydrogen-bond acceptors (Lipinski definition) is 2. The molecule has 0 aromatic heterocycles. The molecule has 1 saturated heterocycles. The second-order valence-corrected chi connectivity index (χ2v) is 6.74. The van der Waals surface area contributed by atoms with E-state index in [-0.39, 0.29) is 6.10 Å². The molecule has 22 heavy (non-hydrogen) atoms. The molecule has 2 nitrogen and oxygen atoms in total. The second kappa shape index (κ2) is 6.50. The number of ether oxygens (including phenoxy) is 2. The average Bonchev–Trinajstić information content (AvgIpc) is 2.93. The molecule has 0 aliphatic carbocycles. The van der Waals surface area contributed by atoms with E-state index in [9.17, 15) is 0 Å². The van der Waals surface area contributed by atoms with E-state index in [1.54, 1.807) is 6.07 Å². The third-order valence-corrected chi connectivity index (χ3v) is 5.08. The van der Waals surface area contributed by atoms with E-state index in [0.29, 0.717) is 22.0 Å². The van der Waals surface area contributed by atoms with Gasteiger partial charge in [0.2, 0.25) is 5.79 Å². The standard InChI is InChI=1S/C17H15BrCl2O2/c1-11-2-4-12(5-3-11)17(10-18)21-9-16(22-17)14-7-6-13(19)8-15(14)20/h2-8,16H,9-10H2,1H3/t16-,17-/m0/s1. The maximum Gasteiger partial charge on any atom is 0.205 e. The van der Waals surface area contributed by atoms with Crippen LogP contribution in [0.15, 0.2) is 42.5 Å². The maximum atomic E-state index is 6.28. The molecule has 0 spiro atoms. The van der Waals surface area contributed by atoms with Gasteiger partial charge >= 0.3 is 0 Å². The van der Waals surface area contributed by atoms with E-state index < -0.39 is 5.79 Å². The van der Waals surface area contributed by atoms with E-state index in [1.165, 1.54) is 5.56 Å². The Morgan fingerprint density at radius 1 is 1.18 bits per heavy atom. The zero-order valence-corrected chi connectivity index (χ0v) is 15.1. The fraction of sp³-hybridized carbons (Fsp3) is 0.294. The van der Waals surface area contributed by atoms with Crippen LogP contribution in [0.4, 0.5) is 0 Å². The van der Waals surface area contributed by atoms with Gasteiger partial charge in [-0.3, -0.25) is 0 Å². The predicted molar refractivity (Wildman–Crippen MR) is 92.9 cm³/mol. The normalized spacial score (nSPS) is 24.6. The van der Waals surface area contributed by atoms with Gasteiger partial charge < -0.3 is 9.47 Å². The van der Waals surface area contributed by atoms with Crippen LogP contribution in [0.25, 0.3) is 0 Å². The summed E-state index contributed by atoms with van der Waals surface area (Å²) in [5.74, 6) is -0.790. The first-order chi connectivity index (χ1) is 10.5. The number of rotatable bonds is 3. The van der Waals surface area contributed by atoms with Crippen molar-refractivity contribution >= 4 is 39.1 Å². The molecule has 0 unspecified atom stereocenters. The van der Waals surface area contributed by atoms with Crippen molar-refractivity contribution in [1.29, 1.82) is 0 Å². The molecule has 0 bridgehead atoms. The van der Waals surface area contributed by atoms with Crippen LogP contribution in [0.1, 0.15) is 22.8 Å². The third-order valence-electron chi connectivity index (χ3n) is 3.78. The summed E-state index contributed by atoms with van der Waals surface area (Å²) in [7, 11) is 0. The summed E-state index contributed by atoms with van der Waals surface area (Å²) in [6.07, 6.45) is -0.219. The van der Waals surface area contributed by atoms with Crippen LogP contribution in [-0.2, 0) is 15.3 Å². The second-order valence-electron chi connectivity index (χ2n) is 5.34. The number of alkyl halides is 1. The summed E-state index contributed by atoms with van der Waals surface area (Å²) >= 11 is 15.7. The van der Waals surface area contributed by atoms with Crippen molar-refractivity contribution in [3.8, 4) is 0 Å². The Balaban J connectivity index is 1.89. The Bertz CT molecular complexity index is 675. The third kappa shape index (κ3) is 3.06.